The summed E-state index contributed by atoms with van der Waals surface area (Å²) in [6, 6.07) is 0. The van der Waals surface area contributed by atoms with Crippen LogP contribution in [0.5, 0.6) is 0 Å². The summed E-state index contributed by atoms with van der Waals surface area (Å²) < 4.78 is 24.8. The van der Waals surface area contributed by atoms with E-state index in [0.29, 0.717) is 23.2 Å². The number of imidazole rings is 1. The molecule has 4 atom stereocenters. The van der Waals surface area contributed by atoms with Crippen LogP contribution in [0.4, 0.5) is 0 Å². The summed E-state index contributed by atoms with van der Waals surface area (Å²) in [4.78, 5) is 11.2. The van der Waals surface area contributed by atoms with Crippen LogP contribution in [-0.2, 0) is 25.5 Å². The van der Waals surface area contributed by atoms with Gasteiger partial charge in [0.2, 0.25) is 0 Å². The lowest BCUT2D eigenvalue weighted by Crippen LogP contribution is -2.36. The van der Waals surface area contributed by atoms with Gasteiger partial charge in [0.15, 0.2) is 23.2 Å². The highest BCUT2D eigenvalue weighted by molar-refractivity contribution is 5.67. The molecule has 124 valence electrons. The number of methoxy groups -OCH3 is 1. The predicted molar refractivity (Wildman–Crippen MR) is 77.2 cm³/mol. The maximum absolute atomic E-state index is 8.27. The molecule has 9 nitrogen and oxygen atoms in total. The van der Waals surface area contributed by atoms with Gasteiger partial charge in [0.25, 0.3) is 0 Å². The molecule has 2 N–H and O–H groups in total. The Balaban J connectivity index is 1.62. The first kappa shape index (κ1) is 14.8. The summed E-state index contributed by atoms with van der Waals surface area (Å²) in [7, 11) is 1.58. The van der Waals surface area contributed by atoms with Crippen LogP contribution in [0.1, 0.15) is 13.8 Å². The summed E-state index contributed by atoms with van der Waals surface area (Å²) in [5.41, 5.74) is 1.41. The third-order valence-electron chi connectivity index (χ3n) is 4.18. The number of hydrogen-bond donors (Lipinski definition) is 2. The Hall–Kier alpha value is -1.81. The summed E-state index contributed by atoms with van der Waals surface area (Å²) >= 11 is 0. The Morgan fingerprint density at radius 2 is 2.13 bits per heavy atom. The van der Waals surface area contributed by atoms with Gasteiger partial charge >= 0.3 is 0 Å². The fourth-order valence-electron chi connectivity index (χ4n) is 3.20. The van der Waals surface area contributed by atoms with Crippen molar-refractivity contribution in [2.45, 2.75) is 50.8 Å². The van der Waals surface area contributed by atoms with Crippen LogP contribution < -0.4 is 5.49 Å². The van der Waals surface area contributed by atoms with E-state index in [4.69, 9.17) is 24.4 Å². The van der Waals surface area contributed by atoms with Gasteiger partial charge in [-0.3, -0.25) is 5.41 Å². The molecular formula is C14H19N5O4. The molecule has 0 aliphatic carbocycles. The Labute approximate surface area is 132 Å². The molecule has 4 rings (SSSR count). The van der Waals surface area contributed by atoms with E-state index in [1.165, 1.54) is 6.33 Å². The molecule has 2 aromatic heterocycles. The van der Waals surface area contributed by atoms with Gasteiger partial charge in [0.1, 0.15) is 23.8 Å². The molecule has 23 heavy (non-hydrogen) atoms. The minimum absolute atomic E-state index is 0.251. The number of nitrogens with one attached hydrogen (secondary N) is 2. The van der Waals surface area contributed by atoms with E-state index in [0.717, 1.165) is 0 Å². The van der Waals surface area contributed by atoms with Crippen molar-refractivity contribution in [1.82, 2.24) is 19.5 Å². The number of aromatic nitrogens is 4. The van der Waals surface area contributed by atoms with E-state index < -0.39 is 12.1 Å². The van der Waals surface area contributed by atoms with Crippen molar-refractivity contribution in [3.63, 3.8) is 0 Å². The molecular weight excluding hydrogens is 302 g/mol. The Bertz CT molecular complexity index is 785. The molecule has 0 radical (unpaired) electrons. The fraction of sp³-hybridized carbons (Fsp3) is 0.643. The Morgan fingerprint density at radius 1 is 1.35 bits per heavy atom. The van der Waals surface area contributed by atoms with Gasteiger partial charge < -0.3 is 28.5 Å². The van der Waals surface area contributed by atoms with Crippen LogP contribution in [0, 0.1) is 5.41 Å². The molecule has 2 aliphatic rings. The van der Waals surface area contributed by atoms with Crippen LogP contribution in [-0.4, -0.2) is 57.0 Å². The molecule has 2 fully saturated rings. The minimum Gasteiger partial charge on any atom is -0.353 e. The van der Waals surface area contributed by atoms with Gasteiger partial charge in [-0.25, -0.2) is 9.97 Å². The molecule has 2 aliphatic heterocycles. The number of ether oxygens (including phenoxy) is 4. The summed E-state index contributed by atoms with van der Waals surface area (Å²) in [6.07, 6.45) is 1.82. The normalized spacial score (nSPS) is 32.5. The highest BCUT2D eigenvalue weighted by Gasteiger charge is 2.55. The lowest BCUT2D eigenvalue weighted by atomic mass is 10.1. The van der Waals surface area contributed by atoms with Crippen LogP contribution >= 0.6 is 0 Å². The van der Waals surface area contributed by atoms with Crippen molar-refractivity contribution in [3.8, 4) is 0 Å². The number of rotatable bonds is 3. The van der Waals surface area contributed by atoms with Crippen molar-refractivity contribution in [2.24, 2.45) is 0 Å². The van der Waals surface area contributed by atoms with E-state index >= 15 is 0 Å². The predicted octanol–water partition coefficient (Wildman–Crippen LogP) is 0.130. The zero-order chi connectivity index (χ0) is 16.2. The molecule has 9 heteroatoms. The lowest BCUT2D eigenvalue weighted by Gasteiger charge is -2.24. The topological polar surface area (TPSA) is 107 Å². The molecule has 0 aromatic carbocycles. The third-order valence-corrected chi connectivity index (χ3v) is 4.18. The third kappa shape index (κ3) is 2.36. The number of aromatic amines is 1. The van der Waals surface area contributed by atoms with Crippen LogP contribution in [0.3, 0.4) is 0 Å². The first-order chi connectivity index (χ1) is 11.0. The number of nitrogens with zero attached hydrogens (tertiary/aromatic N) is 3. The molecule has 0 spiro atoms. The second-order valence-electron chi connectivity index (χ2n) is 6.19. The van der Waals surface area contributed by atoms with Gasteiger partial charge in [-0.1, -0.05) is 0 Å². The van der Waals surface area contributed by atoms with E-state index in [9.17, 15) is 0 Å². The van der Waals surface area contributed by atoms with Crippen molar-refractivity contribution in [3.05, 3.63) is 18.1 Å². The average molecular weight is 321 g/mol. The average Bonchev–Trinajstić information content (AvgIpc) is 3.16. The molecule has 2 saturated heterocycles. The maximum Gasteiger partial charge on any atom is 0.186 e. The Morgan fingerprint density at radius 3 is 2.91 bits per heavy atom. The smallest absolute Gasteiger partial charge is 0.186 e. The van der Waals surface area contributed by atoms with Crippen molar-refractivity contribution >= 4 is 11.2 Å². The summed E-state index contributed by atoms with van der Waals surface area (Å²) in [5.74, 6) is -0.672. The van der Waals surface area contributed by atoms with E-state index in [-0.39, 0.29) is 18.3 Å². The van der Waals surface area contributed by atoms with E-state index in [1.807, 2.05) is 13.8 Å². The minimum atomic E-state index is -0.672. The SMILES string of the molecule is CO[C@@H]1O[C@H](Cn2cnc3nc[nH]c3c2=N)[C@H]2OC(C)(C)O[C@@H]12. The highest BCUT2D eigenvalue weighted by Crippen LogP contribution is 2.39. The molecule has 2 aromatic rings. The van der Waals surface area contributed by atoms with Gasteiger partial charge in [-0.2, -0.15) is 0 Å². The second kappa shape index (κ2) is 5.10. The fourth-order valence-corrected chi connectivity index (χ4v) is 3.20. The van der Waals surface area contributed by atoms with Gasteiger partial charge in [-0.15, -0.1) is 0 Å². The number of hydrogen-bond acceptors (Lipinski definition) is 7. The molecule has 4 heterocycles. The molecule has 0 amide bonds. The van der Waals surface area contributed by atoms with Gasteiger partial charge in [-0.05, 0) is 13.8 Å². The quantitative estimate of drug-likeness (QED) is 0.832. The van der Waals surface area contributed by atoms with E-state index in [1.54, 1.807) is 18.0 Å². The number of fused-ring (bicyclic) bond motifs is 2. The van der Waals surface area contributed by atoms with E-state index in [2.05, 4.69) is 15.0 Å². The van der Waals surface area contributed by atoms with Crippen LogP contribution in [0.2, 0.25) is 0 Å². The number of H-pyrrole nitrogens is 1. The largest absolute Gasteiger partial charge is 0.353 e. The monoisotopic (exact) mass is 321 g/mol. The standard InChI is InChI=1S/C14H19N5O4/c1-14(2)22-9-7(21-13(20-3)10(9)23-14)4-19-6-18-12-8(11(19)15)16-5-17-12/h5-7,9-10,13,15H,4H2,1-3H3,(H,16,17)/t7-,9-,10-,13-/m1/s1. The zero-order valence-electron chi connectivity index (χ0n) is 13.1. The Kier molecular flexibility index (Phi) is 3.27. The van der Waals surface area contributed by atoms with Crippen LogP contribution in [0.25, 0.3) is 11.2 Å². The molecule has 0 bridgehead atoms. The molecule has 0 unspecified atom stereocenters. The van der Waals surface area contributed by atoms with Crippen molar-refractivity contribution in [2.75, 3.05) is 7.11 Å². The summed E-state index contributed by atoms with van der Waals surface area (Å²) in [6.45, 7) is 4.16. The van der Waals surface area contributed by atoms with Crippen LogP contribution in [0.15, 0.2) is 12.7 Å². The van der Waals surface area contributed by atoms with Crippen molar-refractivity contribution < 1.29 is 18.9 Å². The zero-order valence-corrected chi connectivity index (χ0v) is 13.1. The first-order valence-corrected chi connectivity index (χ1v) is 7.45. The van der Waals surface area contributed by atoms with Gasteiger partial charge in [0, 0.05) is 7.11 Å². The van der Waals surface area contributed by atoms with Crippen molar-refractivity contribution in [1.29, 1.82) is 5.41 Å². The lowest BCUT2D eigenvalue weighted by molar-refractivity contribution is -0.228. The highest BCUT2D eigenvalue weighted by atomic mass is 16.8. The maximum atomic E-state index is 8.27. The van der Waals surface area contributed by atoms with Gasteiger partial charge in [0.05, 0.1) is 19.2 Å². The second-order valence-corrected chi connectivity index (χ2v) is 6.19. The summed E-state index contributed by atoms with van der Waals surface area (Å²) in [5, 5.41) is 8.27. The molecule has 0 saturated carbocycles. The first-order valence-electron chi connectivity index (χ1n) is 7.45.